The molecule has 7 heteroatoms. The van der Waals surface area contributed by atoms with E-state index in [4.69, 9.17) is 16.3 Å². The highest BCUT2D eigenvalue weighted by Gasteiger charge is 2.07. The maximum Gasteiger partial charge on any atom is 0.146 e. The first-order valence-electron chi connectivity index (χ1n) is 6.83. The number of hydrogen-bond donors (Lipinski definition) is 2. The highest BCUT2D eigenvalue weighted by molar-refractivity contribution is 6.30. The van der Waals surface area contributed by atoms with Crippen molar-refractivity contribution in [2.24, 2.45) is 0 Å². The van der Waals surface area contributed by atoms with Crippen molar-refractivity contribution in [2.45, 2.75) is 26.1 Å². The molecule has 1 unspecified atom stereocenters. The number of nitrogens with one attached hydrogen (secondary N) is 1. The fourth-order valence-electron chi connectivity index (χ4n) is 1.81. The molecule has 0 spiro atoms. The highest BCUT2D eigenvalue weighted by atomic mass is 35.5. The number of aliphatic hydroxyl groups is 1. The van der Waals surface area contributed by atoms with E-state index in [0.717, 1.165) is 12.4 Å². The summed E-state index contributed by atoms with van der Waals surface area (Å²) >= 11 is 5.79. The smallest absolute Gasteiger partial charge is 0.146 e. The molecule has 0 radical (unpaired) electrons. The number of aryl methyl sites for hydroxylation is 1. The van der Waals surface area contributed by atoms with Crippen LogP contribution in [-0.4, -0.2) is 39.1 Å². The van der Waals surface area contributed by atoms with Gasteiger partial charge in [-0.15, -0.1) is 10.2 Å². The first-order chi connectivity index (χ1) is 10.2. The van der Waals surface area contributed by atoms with Gasteiger partial charge in [0, 0.05) is 18.1 Å². The number of rotatable bonds is 8. The molecule has 1 aromatic carbocycles. The van der Waals surface area contributed by atoms with Crippen molar-refractivity contribution in [2.75, 3.05) is 13.2 Å². The van der Waals surface area contributed by atoms with Crippen molar-refractivity contribution in [3.05, 3.63) is 41.4 Å². The summed E-state index contributed by atoms with van der Waals surface area (Å²) in [4.78, 5) is 0. The Morgan fingerprint density at radius 1 is 1.38 bits per heavy atom. The zero-order valence-corrected chi connectivity index (χ0v) is 12.6. The fraction of sp³-hybridized carbons (Fsp3) is 0.429. The monoisotopic (exact) mass is 310 g/mol. The Hall–Kier alpha value is -1.63. The molecule has 0 fully saturated rings. The molecule has 0 saturated heterocycles. The number of aliphatic hydroxyl groups excluding tert-OH is 1. The van der Waals surface area contributed by atoms with Gasteiger partial charge < -0.3 is 19.7 Å². The van der Waals surface area contributed by atoms with Crippen molar-refractivity contribution in [1.82, 2.24) is 20.1 Å². The van der Waals surface area contributed by atoms with Crippen LogP contribution < -0.4 is 10.1 Å². The van der Waals surface area contributed by atoms with Gasteiger partial charge in [-0.3, -0.25) is 0 Å². The summed E-state index contributed by atoms with van der Waals surface area (Å²) in [6, 6.07) is 7.04. The molecule has 0 aliphatic rings. The number of halogens is 1. The topological polar surface area (TPSA) is 72.2 Å². The van der Waals surface area contributed by atoms with E-state index in [2.05, 4.69) is 15.5 Å². The van der Waals surface area contributed by atoms with Gasteiger partial charge in [-0.1, -0.05) is 11.6 Å². The first kappa shape index (κ1) is 15.8. The van der Waals surface area contributed by atoms with Gasteiger partial charge in [-0.25, -0.2) is 0 Å². The minimum atomic E-state index is -0.598. The van der Waals surface area contributed by atoms with Crippen LogP contribution in [0.3, 0.4) is 0 Å². The summed E-state index contributed by atoms with van der Waals surface area (Å²) in [5, 5.41) is 21.5. The molecule has 114 valence electrons. The maximum absolute atomic E-state index is 9.86. The average Bonchev–Trinajstić information content (AvgIpc) is 2.94. The minimum Gasteiger partial charge on any atom is -0.491 e. The van der Waals surface area contributed by atoms with Crippen molar-refractivity contribution in [3.8, 4) is 5.75 Å². The predicted molar refractivity (Wildman–Crippen MR) is 80.4 cm³/mol. The molecule has 0 saturated carbocycles. The van der Waals surface area contributed by atoms with Gasteiger partial charge in [0.15, 0.2) is 0 Å². The summed E-state index contributed by atoms with van der Waals surface area (Å²) in [7, 11) is 0. The lowest BCUT2D eigenvalue weighted by Crippen LogP contribution is -2.31. The molecule has 1 atom stereocenters. The summed E-state index contributed by atoms with van der Waals surface area (Å²) in [6.45, 7) is 4.05. The fourth-order valence-corrected chi connectivity index (χ4v) is 1.94. The van der Waals surface area contributed by atoms with E-state index in [1.807, 2.05) is 11.5 Å². The van der Waals surface area contributed by atoms with E-state index in [1.165, 1.54) is 0 Å². The number of nitrogens with zero attached hydrogens (tertiary/aromatic N) is 3. The predicted octanol–water partition coefficient (Wildman–Crippen LogP) is 1.48. The number of ether oxygens (including phenoxy) is 1. The molecule has 2 rings (SSSR count). The third-order valence-electron chi connectivity index (χ3n) is 2.96. The van der Waals surface area contributed by atoms with Crippen molar-refractivity contribution in [1.29, 1.82) is 0 Å². The largest absolute Gasteiger partial charge is 0.491 e. The number of aromatic nitrogens is 3. The second-order valence-corrected chi connectivity index (χ2v) is 5.02. The second kappa shape index (κ2) is 7.97. The molecule has 1 heterocycles. The second-order valence-electron chi connectivity index (χ2n) is 4.58. The molecule has 2 aromatic rings. The van der Waals surface area contributed by atoms with Gasteiger partial charge in [0.05, 0.1) is 6.54 Å². The first-order valence-corrected chi connectivity index (χ1v) is 7.20. The molecule has 2 N–H and O–H groups in total. The summed E-state index contributed by atoms with van der Waals surface area (Å²) in [5.74, 6) is 1.53. The quantitative estimate of drug-likeness (QED) is 0.773. The lowest BCUT2D eigenvalue weighted by atomic mass is 10.3. The zero-order chi connectivity index (χ0) is 15.1. The zero-order valence-electron chi connectivity index (χ0n) is 11.9. The Morgan fingerprint density at radius 3 is 2.86 bits per heavy atom. The third-order valence-corrected chi connectivity index (χ3v) is 3.21. The van der Waals surface area contributed by atoms with E-state index >= 15 is 0 Å². The van der Waals surface area contributed by atoms with Crippen molar-refractivity contribution in [3.63, 3.8) is 0 Å². The SMILES string of the molecule is CCn1cnnc1CNCC(O)COc1ccc(Cl)cc1. The Balaban J connectivity index is 1.68. The molecule has 0 bridgehead atoms. The van der Waals surface area contributed by atoms with Gasteiger partial charge in [0.1, 0.15) is 30.6 Å². The molecule has 0 amide bonds. The van der Waals surface area contributed by atoms with E-state index in [1.54, 1.807) is 30.6 Å². The van der Waals surface area contributed by atoms with Gasteiger partial charge in [-0.2, -0.15) is 0 Å². The van der Waals surface area contributed by atoms with Crippen LogP contribution in [0.5, 0.6) is 5.75 Å². The van der Waals surface area contributed by atoms with Crippen LogP contribution in [0.15, 0.2) is 30.6 Å². The van der Waals surface area contributed by atoms with E-state index in [9.17, 15) is 5.11 Å². The van der Waals surface area contributed by atoms with E-state index in [0.29, 0.717) is 23.9 Å². The van der Waals surface area contributed by atoms with Crippen LogP contribution in [0, 0.1) is 0 Å². The lowest BCUT2D eigenvalue weighted by molar-refractivity contribution is 0.106. The Kier molecular flexibility index (Phi) is 5.98. The van der Waals surface area contributed by atoms with Crippen LogP contribution >= 0.6 is 11.6 Å². The molecular formula is C14H19ClN4O2. The van der Waals surface area contributed by atoms with Crippen molar-refractivity contribution < 1.29 is 9.84 Å². The number of hydrogen-bond acceptors (Lipinski definition) is 5. The van der Waals surface area contributed by atoms with Crippen LogP contribution in [0.2, 0.25) is 5.02 Å². The standard InChI is InChI=1S/C14H19ClN4O2/c1-2-19-10-17-18-14(19)8-16-7-12(20)9-21-13-5-3-11(15)4-6-13/h3-6,10,12,16,20H,2,7-9H2,1H3. The van der Waals surface area contributed by atoms with Gasteiger partial charge >= 0.3 is 0 Å². The van der Waals surface area contributed by atoms with E-state index < -0.39 is 6.10 Å². The van der Waals surface area contributed by atoms with Crippen LogP contribution in [0.4, 0.5) is 0 Å². The van der Waals surface area contributed by atoms with Crippen LogP contribution in [-0.2, 0) is 13.1 Å². The van der Waals surface area contributed by atoms with Gasteiger partial charge in [-0.05, 0) is 31.2 Å². The molecule has 21 heavy (non-hydrogen) atoms. The third kappa shape index (κ3) is 5.00. The minimum absolute atomic E-state index is 0.217. The average molecular weight is 311 g/mol. The van der Waals surface area contributed by atoms with Gasteiger partial charge in [0.2, 0.25) is 0 Å². The van der Waals surface area contributed by atoms with Crippen LogP contribution in [0.1, 0.15) is 12.7 Å². The number of benzene rings is 1. The molecule has 6 nitrogen and oxygen atoms in total. The lowest BCUT2D eigenvalue weighted by Gasteiger charge is -2.13. The summed E-state index contributed by atoms with van der Waals surface area (Å²) < 4.78 is 7.42. The van der Waals surface area contributed by atoms with Crippen molar-refractivity contribution >= 4 is 11.6 Å². The Bertz CT molecular complexity index is 544. The maximum atomic E-state index is 9.86. The Morgan fingerprint density at radius 2 is 2.14 bits per heavy atom. The van der Waals surface area contributed by atoms with E-state index in [-0.39, 0.29) is 6.61 Å². The van der Waals surface area contributed by atoms with Gasteiger partial charge in [0.25, 0.3) is 0 Å². The molecule has 0 aliphatic heterocycles. The van der Waals surface area contributed by atoms with Crippen LogP contribution in [0.25, 0.3) is 0 Å². The molecule has 1 aromatic heterocycles. The Labute approximate surface area is 128 Å². The summed E-state index contributed by atoms with van der Waals surface area (Å²) in [6.07, 6.45) is 1.09. The summed E-state index contributed by atoms with van der Waals surface area (Å²) in [5.41, 5.74) is 0. The molecular weight excluding hydrogens is 292 g/mol. The molecule has 0 aliphatic carbocycles. The normalized spacial score (nSPS) is 12.3. The highest BCUT2D eigenvalue weighted by Crippen LogP contribution is 2.15.